The predicted molar refractivity (Wildman–Crippen MR) is 47.2 cm³/mol. The van der Waals surface area contributed by atoms with Gasteiger partial charge in [-0.3, -0.25) is 4.79 Å². The lowest BCUT2D eigenvalue weighted by molar-refractivity contribution is -0.134. The second-order valence-electron chi connectivity index (χ2n) is 4.11. The van der Waals surface area contributed by atoms with E-state index in [0.717, 1.165) is 0 Å². The molecule has 1 saturated heterocycles. The Labute approximate surface area is 81.8 Å². The van der Waals surface area contributed by atoms with E-state index >= 15 is 0 Å². The van der Waals surface area contributed by atoms with Crippen molar-refractivity contribution in [1.29, 1.82) is 0 Å². The zero-order valence-corrected chi connectivity index (χ0v) is 8.35. The average molecular weight is 207 g/mol. The van der Waals surface area contributed by atoms with Gasteiger partial charge in [0.05, 0.1) is 5.60 Å². The number of alkyl halides is 2. The topological polar surface area (TPSA) is 38.3 Å². The molecule has 1 unspecified atom stereocenters. The second-order valence-corrected chi connectivity index (χ2v) is 4.11. The summed E-state index contributed by atoms with van der Waals surface area (Å²) in [6, 6.07) is -0.194. The van der Waals surface area contributed by atoms with Crippen molar-refractivity contribution < 1.29 is 18.3 Å². The quantitative estimate of drug-likeness (QED) is 0.741. The molecule has 1 rings (SSSR count). The number of nitrogens with one attached hydrogen (secondary N) is 1. The Kier molecular flexibility index (Phi) is 3.42. The second kappa shape index (κ2) is 4.21. The molecule has 0 aliphatic carbocycles. The van der Waals surface area contributed by atoms with Crippen LogP contribution in [0.15, 0.2) is 0 Å². The van der Waals surface area contributed by atoms with Gasteiger partial charge in [0, 0.05) is 12.6 Å². The van der Waals surface area contributed by atoms with Crippen LogP contribution in [0.25, 0.3) is 0 Å². The number of carbonyl (C=O) groups excluding carboxylic acids is 1. The van der Waals surface area contributed by atoms with E-state index in [1.165, 1.54) is 0 Å². The summed E-state index contributed by atoms with van der Waals surface area (Å²) in [5.41, 5.74) is -0.335. The number of hydrogen-bond donors (Lipinski definition) is 1. The summed E-state index contributed by atoms with van der Waals surface area (Å²) in [4.78, 5) is 10.7. The molecule has 0 aromatic rings. The van der Waals surface area contributed by atoms with Gasteiger partial charge in [-0.25, -0.2) is 0 Å². The fourth-order valence-corrected chi connectivity index (χ4v) is 1.62. The van der Waals surface area contributed by atoms with E-state index in [4.69, 9.17) is 4.74 Å². The van der Waals surface area contributed by atoms with E-state index in [9.17, 15) is 13.6 Å². The van der Waals surface area contributed by atoms with Crippen LogP contribution >= 0.6 is 0 Å². The summed E-state index contributed by atoms with van der Waals surface area (Å²) >= 11 is 0. The molecular formula is C9H15F2NO2. The Morgan fingerprint density at radius 3 is 2.71 bits per heavy atom. The summed E-state index contributed by atoms with van der Waals surface area (Å²) in [7, 11) is 0. The molecule has 1 aliphatic heterocycles. The minimum Gasteiger partial charge on any atom is -0.375 e. The number of amides is 1. The first kappa shape index (κ1) is 11.4. The zero-order chi connectivity index (χ0) is 10.8. The molecule has 1 amide bonds. The maximum atomic E-state index is 11.9. The van der Waals surface area contributed by atoms with Gasteiger partial charge in [-0.1, -0.05) is 0 Å². The Morgan fingerprint density at radius 2 is 2.21 bits per heavy atom. The minimum absolute atomic E-state index is 0.194. The van der Waals surface area contributed by atoms with E-state index in [1.807, 2.05) is 13.8 Å². The molecule has 0 aromatic carbocycles. The highest BCUT2D eigenvalue weighted by Gasteiger charge is 2.30. The molecule has 0 radical (unpaired) electrons. The molecule has 82 valence electrons. The normalized spacial score (nSPS) is 26.2. The summed E-state index contributed by atoms with van der Waals surface area (Å²) < 4.78 is 29.3. The smallest absolute Gasteiger partial charge is 0.315 e. The minimum atomic E-state index is -2.93. The van der Waals surface area contributed by atoms with E-state index in [2.05, 4.69) is 5.32 Å². The van der Waals surface area contributed by atoms with Crippen LogP contribution in [0.5, 0.6) is 0 Å². The van der Waals surface area contributed by atoms with Crippen molar-refractivity contribution in [1.82, 2.24) is 5.32 Å². The van der Waals surface area contributed by atoms with Gasteiger partial charge in [0.15, 0.2) is 0 Å². The van der Waals surface area contributed by atoms with Gasteiger partial charge in [-0.05, 0) is 26.7 Å². The van der Waals surface area contributed by atoms with Gasteiger partial charge in [0.2, 0.25) is 0 Å². The Hall–Kier alpha value is -0.710. The van der Waals surface area contributed by atoms with Crippen molar-refractivity contribution in [3.8, 4) is 0 Å². The molecular weight excluding hydrogens is 192 g/mol. The molecule has 1 atom stereocenters. The number of hydrogen-bond acceptors (Lipinski definition) is 2. The molecule has 1 aliphatic rings. The zero-order valence-electron chi connectivity index (χ0n) is 8.35. The van der Waals surface area contributed by atoms with Crippen molar-refractivity contribution in [2.24, 2.45) is 0 Å². The van der Waals surface area contributed by atoms with E-state index in [-0.39, 0.29) is 11.6 Å². The van der Waals surface area contributed by atoms with Gasteiger partial charge in [-0.15, -0.1) is 0 Å². The van der Waals surface area contributed by atoms with Gasteiger partial charge >= 0.3 is 6.43 Å². The molecule has 0 bridgehead atoms. The Balaban J connectivity index is 2.42. The molecule has 0 saturated carbocycles. The molecule has 1 N–H and O–H groups in total. The average Bonchev–Trinajstić information content (AvgIpc) is 2.01. The van der Waals surface area contributed by atoms with Crippen LogP contribution < -0.4 is 5.32 Å². The third-order valence-electron chi connectivity index (χ3n) is 2.24. The molecule has 0 spiro atoms. The van der Waals surface area contributed by atoms with Crippen LogP contribution in [0.1, 0.15) is 26.7 Å². The van der Waals surface area contributed by atoms with Gasteiger partial charge in [0.25, 0.3) is 5.91 Å². The standard InChI is InChI=1S/C9H15F2NO2/c1-9(2)5-6(3-4-14-9)12-8(13)7(10)11/h6-7H,3-5H2,1-2H3,(H,12,13). The number of rotatable bonds is 2. The van der Waals surface area contributed by atoms with Crippen molar-refractivity contribution in [3.05, 3.63) is 0 Å². The maximum Gasteiger partial charge on any atom is 0.315 e. The number of carbonyl (C=O) groups is 1. The first-order chi connectivity index (χ1) is 6.41. The lowest BCUT2D eigenvalue weighted by Gasteiger charge is -2.35. The Bertz CT molecular complexity index is 219. The molecule has 3 nitrogen and oxygen atoms in total. The monoisotopic (exact) mass is 207 g/mol. The lowest BCUT2D eigenvalue weighted by atomic mass is 9.94. The van der Waals surface area contributed by atoms with Gasteiger partial charge in [-0.2, -0.15) is 8.78 Å². The predicted octanol–water partition coefficient (Wildman–Crippen LogP) is 1.33. The number of halogens is 2. The largest absolute Gasteiger partial charge is 0.375 e. The van der Waals surface area contributed by atoms with Crippen LogP contribution in [0.2, 0.25) is 0 Å². The highest BCUT2D eigenvalue weighted by Crippen LogP contribution is 2.23. The van der Waals surface area contributed by atoms with E-state index in [1.54, 1.807) is 0 Å². The van der Waals surface area contributed by atoms with Crippen LogP contribution in [-0.2, 0) is 9.53 Å². The van der Waals surface area contributed by atoms with Gasteiger partial charge < -0.3 is 10.1 Å². The molecule has 1 heterocycles. The van der Waals surface area contributed by atoms with Crippen molar-refractivity contribution in [3.63, 3.8) is 0 Å². The third-order valence-corrected chi connectivity index (χ3v) is 2.24. The highest BCUT2D eigenvalue weighted by atomic mass is 19.3. The van der Waals surface area contributed by atoms with Crippen LogP contribution in [0.4, 0.5) is 8.78 Å². The maximum absolute atomic E-state index is 11.9. The van der Waals surface area contributed by atoms with Crippen molar-refractivity contribution in [2.75, 3.05) is 6.61 Å². The van der Waals surface area contributed by atoms with Crippen LogP contribution in [0.3, 0.4) is 0 Å². The fourth-order valence-electron chi connectivity index (χ4n) is 1.62. The summed E-state index contributed by atoms with van der Waals surface area (Å²) in [6.45, 7) is 4.27. The highest BCUT2D eigenvalue weighted by molar-refractivity contribution is 5.79. The number of ether oxygens (including phenoxy) is 1. The summed E-state index contributed by atoms with van der Waals surface area (Å²) in [5.74, 6) is -1.19. The van der Waals surface area contributed by atoms with E-state index in [0.29, 0.717) is 19.4 Å². The lowest BCUT2D eigenvalue weighted by Crippen LogP contribution is -2.47. The fraction of sp³-hybridized carbons (Fsp3) is 0.889. The SMILES string of the molecule is CC1(C)CC(NC(=O)C(F)F)CCO1. The van der Waals surface area contributed by atoms with Crippen LogP contribution in [-0.4, -0.2) is 30.6 Å². The Morgan fingerprint density at radius 1 is 1.57 bits per heavy atom. The summed E-state index contributed by atoms with van der Waals surface area (Å²) in [5, 5.41) is 2.30. The summed E-state index contributed by atoms with van der Waals surface area (Å²) in [6.07, 6.45) is -1.76. The molecule has 14 heavy (non-hydrogen) atoms. The third kappa shape index (κ3) is 3.21. The first-order valence-electron chi connectivity index (χ1n) is 4.63. The molecule has 0 aromatic heterocycles. The first-order valence-corrected chi connectivity index (χ1v) is 4.63. The molecule has 5 heteroatoms. The van der Waals surface area contributed by atoms with E-state index < -0.39 is 12.3 Å². The molecule has 1 fully saturated rings. The van der Waals surface area contributed by atoms with Crippen LogP contribution in [0, 0.1) is 0 Å². The van der Waals surface area contributed by atoms with Crippen molar-refractivity contribution in [2.45, 2.75) is 44.8 Å². The van der Waals surface area contributed by atoms with Crippen molar-refractivity contribution >= 4 is 5.91 Å². The van der Waals surface area contributed by atoms with Gasteiger partial charge in [0.1, 0.15) is 0 Å².